The maximum absolute atomic E-state index is 14.2. The number of nitrogens with one attached hydrogen (secondary N) is 4. The number of amides is 5. The molecule has 5 aromatic rings. The Morgan fingerprint density at radius 1 is 0.915 bits per heavy atom. The number of hydrogen-bond donors (Lipinski definition) is 7. The second-order valence-electron chi connectivity index (χ2n) is 18.0. The Morgan fingerprint density at radius 3 is 2.31 bits per heavy atom. The highest BCUT2D eigenvalue weighted by Gasteiger charge is 2.36. The summed E-state index contributed by atoms with van der Waals surface area (Å²) in [5.74, 6) is -1.84. The summed E-state index contributed by atoms with van der Waals surface area (Å²) < 4.78 is 17.0. The summed E-state index contributed by atoms with van der Waals surface area (Å²) in [7, 11) is -4.94. The van der Waals surface area contributed by atoms with Gasteiger partial charge < -0.3 is 36.1 Å². The van der Waals surface area contributed by atoms with Gasteiger partial charge in [-0.25, -0.2) is 9.36 Å². The van der Waals surface area contributed by atoms with Gasteiger partial charge >= 0.3 is 13.9 Å². The maximum atomic E-state index is 14.2. The summed E-state index contributed by atoms with van der Waals surface area (Å²) >= 11 is 6.42. The van der Waals surface area contributed by atoms with Crippen molar-refractivity contribution in [3.8, 4) is 5.75 Å². The zero-order valence-electron chi connectivity index (χ0n) is 39.6. The van der Waals surface area contributed by atoms with Crippen molar-refractivity contribution in [3.63, 3.8) is 0 Å². The molecule has 376 valence electrons. The first-order valence-corrected chi connectivity index (χ1v) is 25.6. The first kappa shape index (κ1) is 53.6. The lowest BCUT2D eigenvalue weighted by molar-refractivity contribution is -0.131. The summed E-state index contributed by atoms with van der Waals surface area (Å²) in [6.07, 6.45) is 3.19. The molecule has 3 atom stereocenters. The quantitative estimate of drug-likeness (QED) is 0.00534. The van der Waals surface area contributed by atoms with E-state index in [4.69, 9.17) is 27.4 Å². The van der Waals surface area contributed by atoms with Crippen molar-refractivity contribution in [3.05, 3.63) is 117 Å². The van der Waals surface area contributed by atoms with Crippen LogP contribution in [0.4, 0.5) is 10.5 Å². The van der Waals surface area contributed by atoms with E-state index in [9.17, 15) is 43.1 Å². The number of primary amides is 1. The molecule has 1 aliphatic rings. The average molecular weight is 1010 g/mol. The fourth-order valence-electron chi connectivity index (χ4n) is 8.94. The number of urea groups is 1. The van der Waals surface area contributed by atoms with Crippen molar-refractivity contribution in [1.82, 2.24) is 20.9 Å². The maximum Gasteiger partial charge on any atom is 0.524 e. The first-order chi connectivity index (χ1) is 34.0. The number of phosphoric acid groups is 1. The van der Waals surface area contributed by atoms with Crippen LogP contribution in [-0.4, -0.2) is 88.2 Å². The number of Topliss-reactive ketones (excluding diaryl/α,β-unsaturated/α-hetero) is 2. The Balaban J connectivity index is 1.08. The monoisotopic (exact) mass is 1010 g/mol. The second-order valence-corrected chi connectivity index (χ2v) is 19.5. The molecule has 1 aromatic heterocycles. The zero-order valence-corrected chi connectivity index (χ0v) is 41.2. The van der Waals surface area contributed by atoms with Crippen LogP contribution in [0.1, 0.15) is 102 Å². The van der Waals surface area contributed by atoms with Gasteiger partial charge in [-0.1, -0.05) is 73.6 Å². The molecule has 6 rings (SSSR count). The Morgan fingerprint density at radius 2 is 1.62 bits per heavy atom. The van der Waals surface area contributed by atoms with Crippen LogP contribution >= 0.6 is 19.4 Å². The number of aromatic nitrogens is 1. The lowest BCUT2D eigenvalue weighted by Gasteiger charge is -2.24. The number of nitrogens with zero attached hydrogens (tertiary/aromatic N) is 4. The van der Waals surface area contributed by atoms with Gasteiger partial charge in [0.25, 0.3) is 5.91 Å². The molecule has 71 heavy (non-hydrogen) atoms. The number of halogens is 1. The minimum atomic E-state index is -4.94. The predicted molar refractivity (Wildman–Crippen MR) is 270 cm³/mol. The molecule has 0 saturated carbocycles. The Hall–Kier alpha value is -6.75. The van der Waals surface area contributed by atoms with E-state index in [0.29, 0.717) is 95.7 Å². The minimum absolute atomic E-state index is 0.0242. The van der Waals surface area contributed by atoms with E-state index in [2.05, 4.69) is 31.0 Å². The van der Waals surface area contributed by atoms with Crippen molar-refractivity contribution in [2.24, 2.45) is 22.7 Å². The van der Waals surface area contributed by atoms with Crippen molar-refractivity contribution >= 4 is 82.1 Å². The molecular formula is C50H59ClN9O10P. The first-order valence-electron chi connectivity index (χ1n) is 23.5. The summed E-state index contributed by atoms with van der Waals surface area (Å²) in [6, 6.07) is 20.7. The molecular weight excluding hydrogens is 953 g/mol. The summed E-state index contributed by atoms with van der Waals surface area (Å²) in [6.45, 7) is 5.00. The number of alkyl halides is 1. The van der Waals surface area contributed by atoms with Gasteiger partial charge in [0.05, 0.1) is 11.7 Å². The van der Waals surface area contributed by atoms with Crippen molar-refractivity contribution in [1.29, 1.82) is 0 Å². The Bertz CT molecular complexity index is 2860. The Kier molecular flexibility index (Phi) is 18.8. The fourth-order valence-corrected chi connectivity index (χ4v) is 9.60. The lowest BCUT2D eigenvalue weighted by Crippen LogP contribution is -2.46. The molecule has 2 heterocycles. The molecule has 0 aliphatic carbocycles. The van der Waals surface area contributed by atoms with Crippen LogP contribution in [0.15, 0.2) is 84.0 Å². The largest absolute Gasteiger partial charge is 0.524 e. The number of hydrogen-bond acceptors (Lipinski definition) is 9. The molecule has 0 radical (unpaired) electrons. The van der Waals surface area contributed by atoms with E-state index in [1.165, 1.54) is 11.0 Å². The van der Waals surface area contributed by atoms with Gasteiger partial charge in [0, 0.05) is 96.0 Å². The van der Waals surface area contributed by atoms with Gasteiger partial charge in [-0.05, 0) is 90.2 Å². The molecule has 19 nitrogen and oxygen atoms in total. The molecule has 0 fully saturated rings. The van der Waals surface area contributed by atoms with Gasteiger partial charge in [-0.2, -0.15) is 0 Å². The molecule has 0 spiro atoms. The average Bonchev–Trinajstić information content (AvgIpc) is 3.93. The summed E-state index contributed by atoms with van der Waals surface area (Å²) in [4.78, 5) is 105. The third-order valence-corrected chi connectivity index (χ3v) is 13.3. The van der Waals surface area contributed by atoms with Gasteiger partial charge in [-0.15, -0.1) is 11.6 Å². The molecule has 5 amide bonds. The van der Waals surface area contributed by atoms with E-state index < -0.39 is 25.8 Å². The number of benzene rings is 4. The molecule has 0 saturated heterocycles. The number of fused-ring (bicyclic) bond motifs is 4. The normalized spacial score (nSPS) is 14.1. The minimum Gasteiger partial charge on any atom is -0.404 e. The molecule has 21 heteroatoms. The smallest absolute Gasteiger partial charge is 0.404 e. The number of anilines is 1. The number of azide groups is 1. The number of unbranched alkanes of at least 4 members (excludes halogenated alkanes) is 1. The van der Waals surface area contributed by atoms with Gasteiger partial charge in [0.2, 0.25) is 11.8 Å². The summed E-state index contributed by atoms with van der Waals surface area (Å²) in [5.41, 5.74) is 17.5. The van der Waals surface area contributed by atoms with Crippen LogP contribution in [0.3, 0.4) is 0 Å². The number of carbonyl (C=O) groups is 6. The molecule has 0 unspecified atom stereocenters. The van der Waals surface area contributed by atoms with Crippen molar-refractivity contribution < 1.29 is 47.6 Å². The number of aromatic amines is 1. The summed E-state index contributed by atoms with van der Waals surface area (Å²) in [5, 5.41) is 13.6. The zero-order chi connectivity index (χ0) is 51.2. The molecule has 1 aliphatic heterocycles. The number of H-pyrrole nitrogens is 1. The van der Waals surface area contributed by atoms with Crippen LogP contribution in [0, 0.1) is 11.8 Å². The Labute approximate surface area is 415 Å². The molecule has 0 bridgehead atoms. The topological polar surface area (TPSA) is 299 Å². The highest BCUT2D eigenvalue weighted by atomic mass is 35.5. The van der Waals surface area contributed by atoms with Crippen LogP contribution < -0.4 is 31.1 Å². The van der Waals surface area contributed by atoms with Gasteiger partial charge in [0.15, 0.2) is 11.6 Å². The van der Waals surface area contributed by atoms with Crippen LogP contribution in [0.2, 0.25) is 0 Å². The SMILES string of the molecule is CC(C)[C@H](CCCNC(=O)CCCCN=[N+]=[N-])C(=O)N[C@@H](CCCNC(N)=O)C(=O)Cc1ccc(C(=O)Cc2ccc3[nH]c(C(=O)N4C[C@@H](CCl)c5c4cc(OP(=O)(O)O)c4ccccc54)cc3c2)cc1. The van der Waals surface area contributed by atoms with E-state index in [0.717, 1.165) is 5.56 Å². The lowest BCUT2D eigenvalue weighted by atomic mass is 9.89. The van der Waals surface area contributed by atoms with E-state index in [1.807, 2.05) is 19.9 Å². The van der Waals surface area contributed by atoms with E-state index >= 15 is 0 Å². The number of rotatable bonds is 26. The van der Waals surface area contributed by atoms with Crippen LogP contribution in [0.25, 0.3) is 32.1 Å². The highest BCUT2D eigenvalue weighted by molar-refractivity contribution is 7.46. The third-order valence-electron chi connectivity index (χ3n) is 12.5. The van der Waals surface area contributed by atoms with Crippen LogP contribution in [-0.2, 0) is 31.8 Å². The second kappa shape index (κ2) is 24.9. The van der Waals surface area contributed by atoms with Gasteiger partial charge in [0.1, 0.15) is 11.4 Å². The molecule has 4 aromatic carbocycles. The van der Waals surface area contributed by atoms with Crippen molar-refractivity contribution in [2.75, 3.05) is 37.0 Å². The number of carbonyl (C=O) groups excluding carboxylic acids is 6. The number of nitrogens with two attached hydrogens (primary N) is 1. The standard InChI is InChI=1S/C50H59ClN9O10P/c1-30(2)36(11-7-20-54-46(63)13-5-6-22-56-59-53)48(64)58-40(12-8-21-55-50(52)66)44(62)24-31-14-17-33(18-15-31)43(61)25-32-16-19-39-34(23-32)26-41(57-39)49(65)60-29-35(28-51)47-38-10-4-3-9-37(38)45(27-42(47)60)70-71(67,68)69/h3-4,9-10,14-19,23,26-27,30,35-36,40,57H,5-8,11-13,20-22,24-25,28-29H2,1-2H3,(H,54,63)(H,58,64)(H3,52,55,66)(H2,67,68,69)/t35-,36+,40+/m1/s1. The fraction of sp³-hybridized carbons (Fsp3) is 0.400. The number of ketones is 2. The van der Waals surface area contributed by atoms with Crippen LogP contribution in [0.5, 0.6) is 5.75 Å². The van der Waals surface area contributed by atoms with Crippen molar-refractivity contribution in [2.45, 2.75) is 83.6 Å². The molecule has 8 N–H and O–H groups in total. The van der Waals surface area contributed by atoms with E-state index in [-0.39, 0.29) is 90.8 Å². The number of phosphoric ester groups is 1. The van der Waals surface area contributed by atoms with Gasteiger partial charge in [-0.3, -0.25) is 33.8 Å². The third kappa shape index (κ3) is 14.7. The predicted octanol–water partition coefficient (Wildman–Crippen LogP) is 7.89. The van der Waals surface area contributed by atoms with E-state index in [1.54, 1.807) is 66.7 Å². The highest BCUT2D eigenvalue weighted by Crippen LogP contribution is 2.49.